The van der Waals surface area contributed by atoms with Gasteiger partial charge in [-0.2, -0.15) is 5.10 Å². The molecule has 0 aliphatic carbocycles. The highest BCUT2D eigenvalue weighted by molar-refractivity contribution is 9.10. The van der Waals surface area contributed by atoms with Crippen molar-refractivity contribution in [3.63, 3.8) is 0 Å². The summed E-state index contributed by atoms with van der Waals surface area (Å²) in [4.78, 5) is 0. The van der Waals surface area contributed by atoms with Crippen LogP contribution in [-0.2, 0) is 6.54 Å². The first-order valence-corrected chi connectivity index (χ1v) is 6.93. The average Bonchev–Trinajstić information content (AvgIpc) is 2.52. The zero-order chi connectivity index (χ0) is 12.8. The predicted octanol–water partition coefficient (Wildman–Crippen LogP) is 2.22. The lowest BCUT2D eigenvalue weighted by atomic mass is 10.4. The van der Waals surface area contributed by atoms with Crippen LogP contribution in [0.25, 0.3) is 0 Å². The van der Waals surface area contributed by atoms with Gasteiger partial charge in [-0.05, 0) is 55.3 Å². The number of aromatic nitrogens is 2. The number of nitrogens with zero attached hydrogens (tertiary/aromatic N) is 2. The van der Waals surface area contributed by atoms with Crippen molar-refractivity contribution in [1.29, 1.82) is 0 Å². The second-order valence-corrected chi connectivity index (χ2v) is 5.50. The normalized spacial score (nSPS) is 10.6. The smallest absolute Gasteiger partial charge is 0.166 e. The number of nitrogens with one attached hydrogen (secondary N) is 2. The van der Waals surface area contributed by atoms with Crippen molar-refractivity contribution in [2.45, 2.75) is 39.8 Å². The van der Waals surface area contributed by atoms with Crippen LogP contribution in [0, 0.1) is 6.92 Å². The van der Waals surface area contributed by atoms with Crippen molar-refractivity contribution >= 4 is 33.3 Å². The van der Waals surface area contributed by atoms with Crippen LogP contribution < -0.4 is 10.6 Å². The van der Waals surface area contributed by atoms with Crippen LogP contribution >= 0.6 is 28.1 Å². The third-order valence-electron chi connectivity index (χ3n) is 2.16. The molecule has 0 amide bonds. The maximum atomic E-state index is 5.13. The standard InChI is InChI=1S/C11H19BrN4S/c1-8(2)14-11(17)13-5-4-6-16-7-10(12)9(3)15-16/h7-8H,4-6H2,1-3H3,(H2,13,14,17). The Bertz CT molecular complexity index is 356. The summed E-state index contributed by atoms with van der Waals surface area (Å²) in [6.07, 6.45) is 2.99. The topological polar surface area (TPSA) is 41.9 Å². The second kappa shape index (κ2) is 6.96. The van der Waals surface area contributed by atoms with E-state index in [1.54, 1.807) is 0 Å². The van der Waals surface area contributed by atoms with Crippen molar-refractivity contribution in [2.24, 2.45) is 0 Å². The third-order valence-corrected chi connectivity index (χ3v) is 3.20. The molecular weight excluding hydrogens is 300 g/mol. The van der Waals surface area contributed by atoms with Gasteiger partial charge in [-0.1, -0.05) is 0 Å². The molecule has 0 bridgehead atoms. The Labute approximate surface area is 116 Å². The van der Waals surface area contributed by atoms with Crippen molar-refractivity contribution < 1.29 is 0 Å². The maximum absolute atomic E-state index is 5.13. The summed E-state index contributed by atoms with van der Waals surface area (Å²) in [5.41, 5.74) is 1.02. The molecule has 1 heterocycles. The van der Waals surface area contributed by atoms with Gasteiger partial charge in [0.1, 0.15) is 0 Å². The molecule has 2 N–H and O–H groups in total. The Morgan fingerprint density at radius 3 is 2.82 bits per heavy atom. The van der Waals surface area contributed by atoms with E-state index < -0.39 is 0 Å². The lowest BCUT2D eigenvalue weighted by molar-refractivity contribution is 0.566. The Kier molecular flexibility index (Phi) is 5.91. The van der Waals surface area contributed by atoms with Gasteiger partial charge in [0, 0.05) is 25.3 Å². The van der Waals surface area contributed by atoms with Crippen molar-refractivity contribution in [3.8, 4) is 0 Å². The van der Waals surface area contributed by atoms with Gasteiger partial charge >= 0.3 is 0 Å². The van der Waals surface area contributed by atoms with Crippen LogP contribution in [0.5, 0.6) is 0 Å². The number of hydrogen-bond acceptors (Lipinski definition) is 2. The van der Waals surface area contributed by atoms with E-state index in [0.717, 1.165) is 34.8 Å². The van der Waals surface area contributed by atoms with Crippen LogP contribution in [0.4, 0.5) is 0 Å². The van der Waals surface area contributed by atoms with Crippen LogP contribution in [0.1, 0.15) is 26.0 Å². The van der Waals surface area contributed by atoms with E-state index in [4.69, 9.17) is 12.2 Å². The fourth-order valence-corrected chi connectivity index (χ4v) is 2.02. The van der Waals surface area contributed by atoms with Crippen LogP contribution in [0.2, 0.25) is 0 Å². The molecule has 1 aromatic heterocycles. The lowest BCUT2D eigenvalue weighted by Crippen LogP contribution is -2.39. The van der Waals surface area contributed by atoms with Gasteiger partial charge in [0.05, 0.1) is 10.2 Å². The molecule has 4 nitrogen and oxygen atoms in total. The molecule has 0 saturated carbocycles. The largest absolute Gasteiger partial charge is 0.363 e. The molecule has 0 unspecified atom stereocenters. The molecule has 17 heavy (non-hydrogen) atoms. The van der Waals surface area contributed by atoms with E-state index in [9.17, 15) is 0 Å². The van der Waals surface area contributed by atoms with E-state index >= 15 is 0 Å². The Hall–Kier alpha value is -0.620. The van der Waals surface area contributed by atoms with Gasteiger partial charge < -0.3 is 10.6 Å². The van der Waals surface area contributed by atoms with E-state index in [1.165, 1.54) is 0 Å². The zero-order valence-corrected chi connectivity index (χ0v) is 12.9. The molecule has 0 radical (unpaired) electrons. The van der Waals surface area contributed by atoms with Crippen molar-refractivity contribution in [2.75, 3.05) is 6.54 Å². The first-order valence-electron chi connectivity index (χ1n) is 5.73. The molecule has 0 aliphatic rings. The zero-order valence-electron chi connectivity index (χ0n) is 10.5. The fraction of sp³-hybridized carbons (Fsp3) is 0.636. The summed E-state index contributed by atoms with van der Waals surface area (Å²) in [7, 11) is 0. The highest BCUT2D eigenvalue weighted by Gasteiger charge is 2.01. The highest BCUT2D eigenvalue weighted by Crippen LogP contribution is 2.12. The van der Waals surface area contributed by atoms with Gasteiger partial charge in [0.2, 0.25) is 0 Å². The van der Waals surface area contributed by atoms with Crippen LogP contribution in [0.3, 0.4) is 0 Å². The summed E-state index contributed by atoms with van der Waals surface area (Å²) in [5, 5.41) is 11.4. The molecular formula is C11H19BrN4S. The van der Waals surface area contributed by atoms with E-state index in [2.05, 4.69) is 45.5 Å². The molecule has 0 spiro atoms. The maximum Gasteiger partial charge on any atom is 0.166 e. The van der Waals surface area contributed by atoms with Gasteiger partial charge in [0.25, 0.3) is 0 Å². The van der Waals surface area contributed by atoms with Gasteiger partial charge in [-0.15, -0.1) is 0 Å². The monoisotopic (exact) mass is 318 g/mol. The highest BCUT2D eigenvalue weighted by atomic mass is 79.9. The Morgan fingerprint density at radius 1 is 1.59 bits per heavy atom. The van der Waals surface area contributed by atoms with E-state index in [1.807, 2.05) is 17.8 Å². The predicted molar refractivity (Wildman–Crippen MR) is 78.2 cm³/mol. The second-order valence-electron chi connectivity index (χ2n) is 4.23. The molecule has 0 atom stereocenters. The molecule has 0 aliphatic heterocycles. The first-order chi connectivity index (χ1) is 7.99. The molecule has 6 heteroatoms. The summed E-state index contributed by atoms with van der Waals surface area (Å²) < 4.78 is 3.00. The SMILES string of the molecule is Cc1nn(CCCNC(=S)NC(C)C)cc1Br. The van der Waals surface area contributed by atoms with Crippen molar-refractivity contribution in [1.82, 2.24) is 20.4 Å². The van der Waals surface area contributed by atoms with E-state index in [-0.39, 0.29) is 0 Å². The number of rotatable bonds is 5. The quantitative estimate of drug-likeness (QED) is 0.645. The minimum Gasteiger partial charge on any atom is -0.363 e. The fourth-order valence-electron chi connectivity index (χ4n) is 1.36. The van der Waals surface area contributed by atoms with Crippen LogP contribution in [0.15, 0.2) is 10.7 Å². The number of halogens is 1. The minimum atomic E-state index is 0.375. The molecule has 96 valence electrons. The van der Waals surface area contributed by atoms with Crippen molar-refractivity contribution in [3.05, 3.63) is 16.4 Å². The van der Waals surface area contributed by atoms with Gasteiger partial charge in [0.15, 0.2) is 5.11 Å². The summed E-state index contributed by atoms with van der Waals surface area (Å²) >= 11 is 8.58. The molecule has 1 rings (SSSR count). The summed E-state index contributed by atoms with van der Waals surface area (Å²) in [6.45, 7) is 7.87. The summed E-state index contributed by atoms with van der Waals surface area (Å²) in [5.74, 6) is 0. The molecule has 0 saturated heterocycles. The van der Waals surface area contributed by atoms with E-state index in [0.29, 0.717) is 6.04 Å². The third kappa shape index (κ3) is 5.50. The van der Waals surface area contributed by atoms with Gasteiger partial charge in [-0.3, -0.25) is 4.68 Å². The summed E-state index contributed by atoms with van der Waals surface area (Å²) in [6, 6.07) is 0.375. The lowest BCUT2D eigenvalue weighted by Gasteiger charge is -2.12. The molecule has 0 fully saturated rings. The minimum absolute atomic E-state index is 0.375. The molecule has 0 aromatic carbocycles. The van der Waals surface area contributed by atoms with Gasteiger partial charge in [-0.25, -0.2) is 0 Å². The van der Waals surface area contributed by atoms with Crippen LogP contribution in [-0.4, -0.2) is 27.5 Å². The average molecular weight is 319 g/mol. The molecule has 1 aromatic rings. The first kappa shape index (κ1) is 14.4. The number of hydrogen-bond donors (Lipinski definition) is 2. The number of thiocarbonyl (C=S) groups is 1. The Morgan fingerprint density at radius 2 is 2.29 bits per heavy atom. The Balaban J connectivity index is 2.18. The number of aryl methyl sites for hydroxylation is 2.